The van der Waals surface area contributed by atoms with Crippen molar-refractivity contribution in [2.24, 2.45) is 0 Å². The molecule has 0 fully saturated rings. The van der Waals surface area contributed by atoms with Crippen LogP contribution in [0.3, 0.4) is 0 Å². The molecule has 0 aromatic carbocycles. The molecule has 0 aliphatic carbocycles. The van der Waals surface area contributed by atoms with Crippen molar-refractivity contribution in [1.29, 1.82) is 5.26 Å². The van der Waals surface area contributed by atoms with Crippen LogP contribution in [-0.2, 0) is 0 Å². The molecule has 0 heterocycles. The minimum absolute atomic E-state index is 0.282. The maximum absolute atomic E-state index is 8.43. The van der Waals surface area contributed by atoms with Crippen molar-refractivity contribution >= 4 is 0 Å². The summed E-state index contributed by atoms with van der Waals surface area (Å²) in [6.07, 6.45) is 8.40. The normalized spacial score (nSPS) is 14.1. The number of hydrazine groups is 1. The average Bonchev–Trinajstić information content (AvgIpc) is 2.25. The van der Waals surface area contributed by atoms with Gasteiger partial charge in [0.1, 0.15) is 0 Å². The van der Waals surface area contributed by atoms with Crippen LogP contribution >= 0.6 is 0 Å². The van der Waals surface area contributed by atoms with Crippen LogP contribution in [0.15, 0.2) is 23.8 Å². The Morgan fingerprint density at radius 3 is 2.67 bits per heavy atom. The molecule has 3 nitrogen and oxygen atoms in total. The number of rotatable bonds is 7. The zero-order chi connectivity index (χ0) is 11.5. The van der Waals surface area contributed by atoms with Gasteiger partial charge in [-0.3, -0.25) is 0 Å². The van der Waals surface area contributed by atoms with Crippen LogP contribution in [0.2, 0.25) is 0 Å². The van der Waals surface area contributed by atoms with Gasteiger partial charge in [0.15, 0.2) is 0 Å². The summed E-state index contributed by atoms with van der Waals surface area (Å²) in [5.74, 6) is 0. The lowest BCUT2D eigenvalue weighted by Gasteiger charge is -2.19. The van der Waals surface area contributed by atoms with Gasteiger partial charge in [0.25, 0.3) is 0 Å². The van der Waals surface area contributed by atoms with Gasteiger partial charge in [-0.15, -0.1) is 0 Å². The highest BCUT2D eigenvalue weighted by Crippen LogP contribution is 2.09. The molecular formula is C12H21N3. The number of hydrogen-bond acceptors (Lipinski definition) is 3. The van der Waals surface area contributed by atoms with Crippen LogP contribution in [0.5, 0.6) is 0 Å². The van der Waals surface area contributed by atoms with Gasteiger partial charge >= 0.3 is 0 Å². The van der Waals surface area contributed by atoms with E-state index in [9.17, 15) is 0 Å². The Morgan fingerprint density at radius 1 is 1.47 bits per heavy atom. The first-order chi connectivity index (χ1) is 7.29. The summed E-state index contributed by atoms with van der Waals surface area (Å²) in [7, 11) is 0. The number of allylic oxidation sites excluding steroid dienone is 2. The molecular weight excluding hydrogens is 186 g/mol. The van der Waals surface area contributed by atoms with Crippen molar-refractivity contribution < 1.29 is 0 Å². The van der Waals surface area contributed by atoms with Crippen LogP contribution in [0, 0.1) is 11.3 Å². The molecule has 0 radical (unpaired) electrons. The first-order valence-corrected chi connectivity index (χ1v) is 5.44. The first kappa shape index (κ1) is 13.9. The van der Waals surface area contributed by atoms with Crippen LogP contribution in [0.4, 0.5) is 0 Å². The van der Waals surface area contributed by atoms with Crippen LogP contribution < -0.4 is 10.9 Å². The minimum atomic E-state index is 0.282. The van der Waals surface area contributed by atoms with Crippen LogP contribution in [-0.4, -0.2) is 12.6 Å². The van der Waals surface area contributed by atoms with E-state index in [2.05, 4.69) is 29.9 Å². The molecule has 0 spiro atoms. The van der Waals surface area contributed by atoms with Crippen molar-refractivity contribution in [3.05, 3.63) is 23.8 Å². The van der Waals surface area contributed by atoms with E-state index in [-0.39, 0.29) is 6.04 Å². The summed E-state index contributed by atoms with van der Waals surface area (Å²) in [4.78, 5) is 0. The summed E-state index contributed by atoms with van der Waals surface area (Å²) < 4.78 is 0. The number of nitrogens with one attached hydrogen (secondary N) is 2. The Balaban J connectivity index is 4.29. The van der Waals surface area contributed by atoms with Gasteiger partial charge in [0.2, 0.25) is 0 Å². The van der Waals surface area contributed by atoms with Crippen molar-refractivity contribution in [3.8, 4) is 6.07 Å². The maximum Gasteiger partial charge on any atom is 0.0972 e. The topological polar surface area (TPSA) is 47.8 Å². The standard InChI is InChI=1S/C12H21N3/c1-4-7-11(6-3)12(8-5-2)15-14-10-9-13/h4,6-7,12,14-15H,5,8,10H2,1-3H3/b7-4-,11-6+. The Bertz CT molecular complexity index is 248. The fourth-order valence-corrected chi connectivity index (χ4v) is 1.43. The molecule has 0 amide bonds. The molecule has 0 bridgehead atoms. The second-order valence-electron chi connectivity index (χ2n) is 3.29. The van der Waals surface area contributed by atoms with Crippen molar-refractivity contribution in [2.75, 3.05) is 6.54 Å². The zero-order valence-corrected chi connectivity index (χ0v) is 9.88. The second kappa shape index (κ2) is 9.45. The molecule has 0 rings (SSSR count). The molecule has 15 heavy (non-hydrogen) atoms. The molecule has 1 unspecified atom stereocenters. The second-order valence-corrected chi connectivity index (χ2v) is 3.29. The summed E-state index contributed by atoms with van der Waals surface area (Å²) in [6, 6.07) is 2.33. The summed E-state index contributed by atoms with van der Waals surface area (Å²) in [5, 5.41) is 8.43. The SMILES string of the molecule is C/C=C\C(=C/C)C(CCC)NNCC#N. The quantitative estimate of drug-likeness (QED) is 0.291. The molecule has 84 valence electrons. The molecule has 0 aromatic rings. The van der Waals surface area contributed by atoms with Crippen molar-refractivity contribution in [3.63, 3.8) is 0 Å². The molecule has 0 aromatic heterocycles. The Hall–Kier alpha value is -1.11. The molecule has 2 N–H and O–H groups in total. The van der Waals surface area contributed by atoms with Gasteiger partial charge in [-0.2, -0.15) is 5.26 Å². The minimum Gasteiger partial charge on any atom is -0.249 e. The molecule has 0 aliphatic heterocycles. The molecule has 1 atom stereocenters. The van der Waals surface area contributed by atoms with Crippen LogP contribution in [0.25, 0.3) is 0 Å². The van der Waals surface area contributed by atoms with Crippen LogP contribution in [0.1, 0.15) is 33.6 Å². The number of hydrogen-bond donors (Lipinski definition) is 2. The van der Waals surface area contributed by atoms with Gasteiger partial charge in [-0.05, 0) is 25.8 Å². The van der Waals surface area contributed by atoms with Gasteiger partial charge < -0.3 is 0 Å². The Morgan fingerprint density at radius 2 is 2.20 bits per heavy atom. The highest BCUT2D eigenvalue weighted by atomic mass is 15.4. The Kier molecular flexibility index (Phi) is 8.75. The van der Waals surface area contributed by atoms with E-state index >= 15 is 0 Å². The third-order valence-corrected chi connectivity index (χ3v) is 2.12. The lowest BCUT2D eigenvalue weighted by Crippen LogP contribution is -2.41. The summed E-state index contributed by atoms with van der Waals surface area (Å²) >= 11 is 0. The highest BCUT2D eigenvalue weighted by Gasteiger charge is 2.08. The van der Waals surface area contributed by atoms with Gasteiger partial charge in [0.05, 0.1) is 12.6 Å². The third kappa shape index (κ3) is 6.05. The number of nitrogens with zero attached hydrogens (tertiary/aromatic N) is 1. The molecule has 3 heteroatoms. The molecule has 0 saturated carbocycles. The van der Waals surface area contributed by atoms with E-state index in [1.807, 2.05) is 26.0 Å². The summed E-state index contributed by atoms with van der Waals surface area (Å²) in [5.41, 5.74) is 7.33. The van der Waals surface area contributed by atoms with E-state index < -0.39 is 0 Å². The predicted molar refractivity (Wildman–Crippen MR) is 64.0 cm³/mol. The van der Waals surface area contributed by atoms with Gasteiger partial charge in [-0.25, -0.2) is 10.9 Å². The number of nitriles is 1. The monoisotopic (exact) mass is 207 g/mol. The lowest BCUT2D eigenvalue weighted by molar-refractivity contribution is 0.467. The van der Waals surface area contributed by atoms with E-state index in [0.717, 1.165) is 12.8 Å². The smallest absolute Gasteiger partial charge is 0.0972 e. The van der Waals surface area contributed by atoms with E-state index in [0.29, 0.717) is 6.54 Å². The van der Waals surface area contributed by atoms with E-state index in [1.54, 1.807) is 0 Å². The third-order valence-electron chi connectivity index (χ3n) is 2.12. The first-order valence-electron chi connectivity index (χ1n) is 5.44. The largest absolute Gasteiger partial charge is 0.249 e. The fourth-order valence-electron chi connectivity index (χ4n) is 1.43. The average molecular weight is 207 g/mol. The predicted octanol–water partition coefficient (Wildman–Crippen LogP) is 2.30. The maximum atomic E-state index is 8.43. The van der Waals surface area contributed by atoms with Crippen molar-refractivity contribution in [2.45, 2.75) is 39.7 Å². The molecule has 0 saturated heterocycles. The molecule has 0 aliphatic rings. The highest BCUT2D eigenvalue weighted by molar-refractivity contribution is 5.23. The lowest BCUT2D eigenvalue weighted by atomic mass is 10.0. The summed E-state index contributed by atoms with van der Waals surface area (Å²) in [6.45, 7) is 6.52. The van der Waals surface area contributed by atoms with Gasteiger partial charge in [0, 0.05) is 6.04 Å². The fraction of sp³-hybridized carbons (Fsp3) is 0.583. The van der Waals surface area contributed by atoms with E-state index in [1.165, 1.54) is 5.57 Å². The zero-order valence-electron chi connectivity index (χ0n) is 9.88. The van der Waals surface area contributed by atoms with Gasteiger partial charge in [-0.1, -0.05) is 31.6 Å². The Labute approximate surface area is 92.8 Å². The van der Waals surface area contributed by atoms with E-state index in [4.69, 9.17) is 5.26 Å². The van der Waals surface area contributed by atoms with Crippen molar-refractivity contribution in [1.82, 2.24) is 10.9 Å².